The van der Waals surface area contributed by atoms with Gasteiger partial charge in [-0.3, -0.25) is 9.69 Å². The normalized spacial score (nSPS) is 26.5. The molecule has 3 aliphatic rings. The number of carbonyl (C=O) groups is 1. The van der Waals surface area contributed by atoms with E-state index in [2.05, 4.69) is 41.3 Å². The largest absolute Gasteiger partial charge is 0.299 e. The Morgan fingerprint density at radius 2 is 1.80 bits per heavy atom. The molecule has 2 fully saturated rings. The van der Waals surface area contributed by atoms with Gasteiger partial charge in [-0.1, -0.05) is 55.0 Å². The molecule has 1 heterocycles. The zero-order chi connectivity index (χ0) is 20.6. The average molecular weight is 402 g/mol. The number of fused-ring (bicyclic) bond motifs is 2. The van der Waals surface area contributed by atoms with E-state index in [4.69, 9.17) is 0 Å². The van der Waals surface area contributed by atoms with Gasteiger partial charge in [-0.05, 0) is 98.9 Å². The summed E-state index contributed by atoms with van der Waals surface area (Å²) in [7, 11) is 0. The Balaban J connectivity index is 1.08. The van der Waals surface area contributed by atoms with Crippen molar-refractivity contribution in [2.75, 3.05) is 13.1 Å². The molecule has 2 aliphatic carbocycles. The van der Waals surface area contributed by atoms with Crippen LogP contribution in [0.5, 0.6) is 0 Å². The third-order valence-electron chi connectivity index (χ3n) is 8.25. The first-order valence-corrected chi connectivity index (χ1v) is 12.0. The number of ketones is 1. The van der Waals surface area contributed by atoms with Gasteiger partial charge in [0.25, 0.3) is 0 Å². The number of aryl methyl sites for hydroxylation is 1. The van der Waals surface area contributed by atoms with Crippen LogP contribution in [0.25, 0.3) is 0 Å². The topological polar surface area (TPSA) is 20.3 Å². The van der Waals surface area contributed by atoms with E-state index in [-0.39, 0.29) is 5.78 Å². The third kappa shape index (κ3) is 3.99. The molecule has 2 nitrogen and oxygen atoms in total. The number of likely N-dealkylation sites (tertiary alicyclic amines) is 1. The highest BCUT2D eigenvalue weighted by Gasteiger charge is 2.55. The molecule has 1 saturated carbocycles. The van der Waals surface area contributed by atoms with Crippen molar-refractivity contribution in [3.05, 3.63) is 70.8 Å². The van der Waals surface area contributed by atoms with Crippen LogP contribution in [0.2, 0.25) is 0 Å². The fourth-order valence-corrected chi connectivity index (χ4v) is 6.32. The molecule has 158 valence electrons. The second-order valence-corrected chi connectivity index (χ2v) is 10.1. The predicted molar refractivity (Wildman–Crippen MR) is 123 cm³/mol. The number of rotatable bonds is 6. The Hall–Kier alpha value is -1.93. The molecule has 2 atom stereocenters. The molecule has 0 aromatic heterocycles. The number of Topliss-reactive ketones (excluding diaryl/α,β-unsaturated/α-hetero) is 1. The molecular weight excluding hydrogens is 366 g/mol. The Kier molecular flexibility index (Phi) is 5.54. The van der Waals surface area contributed by atoms with Crippen LogP contribution in [-0.2, 0) is 18.4 Å². The number of benzene rings is 2. The van der Waals surface area contributed by atoms with E-state index in [1.54, 1.807) is 18.1 Å². The van der Waals surface area contributed by atoms with Crippen LogP contribution < -0.4 is 0 Å². The van der Waals surface area contributed by atoms with Gasteiger partial charge in [-0.15, -0.1) is 0 Å². The van der Waals surface area contributed by atoms with Gasteiger partial charge >= 0.3 is 0 Å². The van der Waals surface area contributed by atoms with Gasteiger partial charge in [0.2, 0.25) is 0 Å². The van der Waals surface area contributed by atoms with Crippen LogP contribution in [0.4, 0.5) is 0 Å². The maximum atomic E-state index is 11.4. The van der Waals surface area contributed by atoms with E-state index < -0.39 is 0 Å². The maximum absolute atomic E-state index is 11.4. The lowest BCUT2D eigenvalue weighted by Gasteiger charge is -2.32. The molecule has 1 saturated heterocycles. The van der Waals surface area contributed by atoms with Crippen molar-refractivity contribution in [1.29, 1.82) is 0 Å². The van der Waals surface area contributed by atoms with Gasteiger partial charge in [0.15, 0.2) is 5.78 Å². The SMILES string of the molecule is CC(=O)c1ccc(CN2CCC(CCC3CC34CCCc3ccccc34)CC2)cc1. The molecular formula is C28H35NO. The van der Waals surface area contributed by atoms with Crippen molar-refractivity contribution in [3.63, 3.8) is 0 Å². The van der Waals surface area contributed by atoms with Crippen molar-refractivity contribution in [3.8, 4) is 0 Å². The summed E-state index contributed by atoms with van der Waals surface area (Å²) in [5.74, 6) is 2.01. The van der Waals surface area contributed by atoms with Crippen molar-refractivity contribution in [2.45, 2.75) is 70.3 Å². The maximum Gasteiger partial charge on any atom is 0.159 e. The minimum Gasteiger partial charge on any atom is -0.299 e. The highest BCUT2D eigenvalue weighted by atomic mass is 16.1. The van der Waals surface area contributed by atoms with E-state index in [9.17, 15) is 4.79 Å². The van der Waals surface area contributed by atoms with Crippen LogP contribution in [0.3, 0.4) is 0 Å². The second kappa shape index (κ2) is 8.30. The number of hydrogen-bond acceptors (Lipinski definition) is 2. The van der Waals surface area contributed by atoms with Gasteiger partial charge in [-0.25, -0.2) is 0 Å². The smallest absolute Gasteiger partial charge is 0.159 e. The Morgan fingerprint density at radius 3 is 2.57 bits per heavy atom. The van der Waals surface area contributed by atoms with E-state index in [0.29, 0.717) is 5.41 Å². The molecule has 0 bridgehead atoms. The minimum absolute atomic E-state index is 0.150. The summed E-state index contributed by atoms with van der Waals surface area (Å²) in [6, 6.07) is 17.5. The van der Waals surface area contributed by atoms with Crippen molar-refractivity contribution < 1.29 is 4.79 Å². The number of piperidine rings is 1. The average Bonchev–Trinajstić information content (AvgIpc) is 3.47. The summed E-state index contributed by atoms with van der Waals surface area (Å²) in [6.07, 6.45) is 11.1. The van der Waals surface area contributed by atoms with E-state index in [1.807, 2.05) is 12.1 Å². The lowest BCUT2D eigenvalue weighted by Crippen LogP contribution is -2.33. The van der Waals surface area contributed by atoms with E-state index in [1.165, 1.54) is 70.0 Å². The zero-order valence-corrected chi connectivity index (χ0v) is 18.4. The third-order valence-corrected chi connectivity index (χ3v) is 8.25. The first kappa shape index (κ1) is 20.0. The molecule has 0 N–H and O–H groups in total. The van der Waals surface area contributed by atoms with Crippen molar-refractivity contribution in [2.24, 2.45) is 11.8 Å². The molecule has 2 unspecified atom stereocenters. The van der Waals surface area contributed by atoms with Crippen molar-refractivity contribution >= 4 is 5.78 Å². The van der Waals surface area contributed by atoms with Crippen LogP contribution in [-0.4, -0.2) is 23.8 Å². The summed E-state index contributed by atoms with van der Waals surface area (Å²) < 4.78 is 0. The van der Waals surface area contributed by atoms with Gasteiger partial charge in [0.05, 0.1) is 0 Å². The van der Waals surface area contributed by atoms with Crippen LogP contribution >= 0.6 is 0 Å². The summed E-state index contributed by atoms with van der Waals surface area (Å²) in [5, 5.41) is 0. The van der Waals surface area contributed by atoms with E-state index >= 15 is 0 Å². The van der Waals surface area contributed by atoms with Crippen LogP contribution in [0.1, 0.15) is 78.9 Å². The predicted octanol–water partition coefficient (Wildman–Crippen LogP) is 6.18. The fraction of sp³-hybridized carbons (Fsp3) is 0.536. The first-order chi connectivity index (χ1) is 14.6. The molecule has 1 aliphatic heterocycles. The molecule has 1 spiro atoms. The van der Waals surface area contributed by atoms with E-state index in [0.717, 1.165) is 23.9 Å². The first-order valence-electron chi connectivity index (χ1n) is 12.0. The summed E-state index contributed by atoms with van der Waals surface area (Å²) in [6.45, 7) is 5.10. The van der Waals surface area contributed by atoms with Gasteiger partial charge in [0, 0.05) is 12.1 Å². The fourth-order valence-electron chi connectivity index (χ4n) is 6.32. The van der Waals surface area contributed by atoms with Gasteiger partial charge < -0.3 is 0 Å². The molecule has 30 heavy (non-hydrogen) atoms. The Labute approximate surface area is 181 Å². The molecule has 2 aromatic rings. The standard InChI is InChI=1S/C28H35NO/c1-21(30)24-11-8-23(9-12-24)20-29-17-14-22(15-18-29)10-13-26-19-28(26)16-4-6-25-5-2-3-7-27(25)28/h2-3,5,7-9,11-12,22,26H,4,6,10,13-20H2,1H3. The molecule has 0 amide bonds. The highest BCUT2D eigenvalue weighted by molar-refractivity contribution is 5.93. The molecule has 2 aromatic carbocycles. The van der Waals surface area contributed by atoms with Crippen molar-refractivity contribution in [1.82, 2.24) is 4.90 Å². The molecule has 5 rings (SSSR count). The molecule has 0 radical (unpaired) electrons. The summed E-state index contributed by atoms with van der Waals surface area (Å²) in [5.41, 5.74) is 6.04. The van der Waals surface area contributed by atoms with Crippen LogP contribution in [0.15, 0.2) is 48.5 Å². The lowest BCUT2D eigenvalue weighted by atomic mass is 9.77. The minimum atomic E-state index is 0.150. The Bertz CT molecular complexity index is 893. The summed E-state index contributed by atoms with van der Waals surface area (Å²) in [4.78, 5) is 14.0. The van der Waals surface area contributed by atoms with Crippen LogP contribution in [0, 0.1) is 11.8 Å². The second-order valence-electron chi connectivity index (χ2n) is 10.1. The quantitative estimate of drug-likeness (QED) is 0.539. The monoisotopic (exact) mass is 401 g/mol. The zero-order valence-electron chi connectivity index (χ0n) is 18.4. The van der Waals surface area contributed by atoms with Gasteiger partial charge in [0.1, 0.15) is 0 Å². The molecule has 2 heteroatoms. The highest BCUT2D eigenvalue weighted by Crippen LogP contribution is 2.62. The number of carbonyl (C=O) groups excluding carboxylic acids is 1. The Morgan fingerprint density at radius 1 is 1.03 bits per heavy atom. The lowest BCUT2D eigenvalue weighted by molar-refractivity contribution is 0.101. The number of nitrogens with zero attached hydrogens (tertiary/aromatic N) is 1. The van der Waals surface area contributed by atoms with Gasteiger partial charge in [-0.2, -0.15) is 0 Å². The number of hydrogen-bond donors (Lipinski definition) is 0. The summed E-state index contributed by atoms with van der Waals surface area (Å²) >= 11 is 0.